The van der Waals surface area contributed by atoms with Crippen LogP contribution in [0.4, 0.5) is 13.2 Å². The summed E-state index contributed by atoms with van der Waals surface area (Å²) in [7, 11) is -4.73. The number of carbonyl (C=O) groups excluding carboxylic acids is 1. The highest BCUT2D eigenvalue weighted by Crippen LogP contribution is 2.27. The highest BCUT2D eigenvalue weighted by atomic mass is 32.2. The lowest BCUT2D eigenvalue weighted by molar-refractivity contribution is -0.196. The number of hydrogen-bond donors (Lipinski definition) is 1. The van der Waals surface area contributed by atoms with Crippen LogP contribution in [0.25, 0.3) is 0 Å². The SMILES string of the molecule is CC(C(=O)OC(CNC1CCCCC1)CS(=O)(=O)[O-])C(F)(F)F. The van der Waals surface area contributed by atoms with E-state index in [2.05, 4.69) is 10.1 Å². The highest BCUT2D eigenvalue weighted by molar-refractivity contribution is 7.85. The van der Waals surface area contributed by atoms with E-state index in [0.717, 1.165) is 32.1 Å². The Labute approximate surface area is 133 Å². The lowest BCUT2D eigenvalue weighted by Crippen LogP contribution is -2.43. The molecule has 0 amide bonds. The minimum Gasteiger partial charge on any atom is -0.748 e. The summed E-state index contributed by atoms with van der Waals surface area (Å²) in [5.41, 5.74) is 0. The molecule has 1 saturated carbocycles. The quantitative estimate of drug-likeness (QED) is 0.547. The summed E-state index contributed by atoms with van der Waals surface area (Å²) in [6.07, 6.45) is -1.44. The maximum absolute atomic E-state index is 12.5. The molecule has 0 aliphatic heterocycles. The lowest BCUT2D eigenvalue weighted by Gasteiger charge is -2.27. The summed E-state index contributed by atoms with van der Waals surface area (Å²) in [6, 6.07) is 0.0827. The second-order valence-corrected chi connectivity index (χ2v) is 7.24. The molecule has 1 rings (SSSR count). The Kier molecular flexibility index (Phi) is 7.28. The van der Waals surface area contributed by atoms with Crippen molar-refractivity contribution < 1.29 is 35.7 Å². The number of ether oxygens (including phenoxy) is 1. The molecular formula is C13H21F3NO5S-. The molecule has 0 heterocycles. The van der Waals surface area contributed by atoms with Crippen molar-refractivity contribution >= 4 is 16.1 Å². The first-order chi connectivity index (χ1) is 10.5. The zero-order chi connectivity index (χ0) is 17.7. The van der Waals surface area contributed by atoms with E-state index < -0.39 is 40.0 Å². The molecule has 0 saturated heterocycles. The first-order valence-electron chi connectivity index (χ1n) is 7.43. The standard InChI is InChI=1S/C13H22F3NO5S/c1-9(13(14,15)16)12(18)22-11(8-23(19,20)21)7-17-10-5-3-2-4-6-10/h9-11,17H,2-8H2,1H3,(H,19,20,21)/p-1. The number of esters is 1. The number of hydrogen-bond acceptors (Lipinski definition) is 6. The molecule has 2 atom stereocenters. The van der Waals surface area contributed by atoms with Crippen LogP contribution in [0.5, 0.6) is 0 Å². The second-order valence-electron chi connectivity index (χ2n) is 5.79. The predicted octanol–water partition coefficient (Wildman–Crippen LogP) is 1.56. The summed E-state index contributed by atoms with van der Waals surface area (Å²) in [6.45, 7) is 0.460. The molecule has 2 unspecified atom stereocenters. The van der Waals surface area contributed by atoms with Gasteiger partial charge < -0.3 is 14.6 Å². The fraction of sp³-hybridized carbons (Fsp3) is 0.923. The van der Waals surface area contributed by atoms with Crippen molar-refractivity contribution in [2.24, 2.45) is 5.92 Å². The van der Waals surface area contributed by atoms with Crippen LogP contribution in [0.15, 0.2) is 0 Å². The molecule has 1 aliphatic carbocycles. The Balaban J connectivity index is 2.62. The van der Waals surface area contributed by atoms with E-state index in [1.165, 1.54) is 0 Å². The van der Waals surface area contributed by atoms with Gasteiger partial charge in [-0.3, -0.25) is 4.79 Å². The Morgan fingerprint density at radius 3 is 2.35 bits per heavy atom. The van der Waals surface area contributed by atoms with Crippen molar-refractivity contribution in [1.29, 1.82) is 0 Å². The van der Waals surface area contributed by atoms with Crippen molar-refractivity contribution in [2.45, 2.75) is 57.3 Å². The summed E-state index contributed by atoms with van der Waals surface area (Å²) < 4.78 is 74.5. The third kappa shape index (κ3) is 7.98. The van der Waals surface area contributed by atoms with Gasteiger partial charge in [0.05, 0.1) is 15.9 Å². The fourth-order valence-electron chi connectivity index (χ4n) is 2.37. The lowest BCUT2D eigenvalue weighted by atomic mass is 9.95. The van der Waals surface area contributed by atoms with Crippen molar-refractivity contribution in [3.05, 3.63) is 0 Å². The fourth-order valence-corrected chi connectivity index (χ4v) is 3.01. The van der Waals surface area contributed by atoms with Gasteiger partial charge >= 0.3 is 12.1 Å². The molecule has 6 nitrogen and oxygen atoms in total. The van der Waals surface area contributed by atoms with E-state index in [1.54, 1.807) is 0 Å². The molecule has 136 valence electrons. The first-order valence-corrected chi connectivity index (χ1v) is 9.01. The maximum Gasteiger partial charge on any atom is 0.401 e. The number of alkyl halides is 3. The van der Waals surface area contributed by atoms with E-state index >= 15 is 0 Å². The Hall–Kier alpha value is -0.870. The number of halogens is 3. The summed E-state index contributed by atoms with van der Waals surface area (Å²) >= 11 is 0. The molecule has 1 N–H and O–H groups in total. The minimum atomic E-state index is -4.78. The molecular weight excluding hydrogens is 339 g/mol. The summed E-state index contributed by atoms with van der Waals surface area (Å²) in [5, 5.41) is 2.97. The molecule has 1 fully saturated rings. The Morgan fingerprint density at radius 1 is 1.30 bits per heavy atom. The topological polar surface area (TPSA) is 95.5 Å². The Bertz CT molecular complexity index is 488. The van der Waals surface area contributed by atoms with E-state index in [1.807, 2.05) is 0 Å². The maximum atomic E-state index is 12.5. The van der Waals surface area contributed by atoms with Crippen molar-refractivity contribution in [3.8, 4) is 0 Å². The van der Waals surface area contributed by atoms with Crippen LogP contribution in [0, 0.1) is 5.92 Å². The molecule has 1 aliphatic rings. The van der Waals surface area contributed by atoms with Crippen LogP contribution < -0.4 is 5.32 Å². The molecule has 0 radical (unpaired) electrons. The number of carbonyl (C=O) groups is 1. The molecule has 0 spiro atoms. The van der Waals surface area contributed by atoms with Crippen LogP contribution in [0.3, 0.4) is 0 Å². The Morgan fingerprint density at radius 2 is 1.87 bits per heavy atom. The van der Waals surface area contributed by atoms with Crippen LogP contribution in [-0.4, -0.2) is 49.6 Å². The van der Waals surface area contributed by atoms with Crippen molar-refractivity contribution in [2.75, 3.05) is 12.3 Å². The zero-order valence-corrected chi connectivity index (χ0v) is 13.6. The third-order valence-electron chi connectivity index (χ3n) is 3.76. The normalized spacial score (nSPS) is 20.0. The minimum absolute atomic E-state index is 0.0827. The van der Waals surface area contributed by atoms with Crippen LogP contribution in [-0.2, 0) is 19.6 Å². The first kappa shape index (κ1) is 20.2. The van der Waals surface area contributed by atoms with Gasteiger partial charge in [-0.25, -0.2) is 8.42 Å². The van der Waals surface area contributed by atoms with E-state index in [9.17, 15) is 30.9 Å². The predicted molar refractivity (Wildman–Crippen MR) is 74.5 cm³/mol. The van der Waals surface area contributed by atoms with Gasteiger partial charge in [-0.1, -0.05) is 19.3 Å². The molecule has 10 heteroatoms. The molecule has 0 aromatic rings. The largest absolute Gasteiger partial charge is 0.748 e. The highest BCUT2D eigenvalue weighted by Gasteiger charge is 2.43. The van der Waals surface area contributed by atoms with Gasteiger partial charge in [-0.2, -0.15) is 13.2 Å². The summed E-state index contributed by atoms with van der Waals surface area (Å²) in [5.74, 6) is -5.02. The van der Waals surface area contributed by atoms with Gasteiger partial charge in [0.2, 0.25) is 0 Å². The second kappa shape index (κ2) is 8.29. The third-order valence-corrected chi connectivity index (χ3v) is 4.54. The van der Waals surface area contributed by atoms with Crippen LogP contribution in [0.2, 0.25) is 0 Å². The average molecular weight is 360 g/mol. The zero-order valence-electron chi connectivity index (χ0n) is 12.8. The smallest absolute Gasteiger partial charge is 0.401 e. The van der Waals surface area contributed by atoms with E-state index in [4.69, 9.17) is 0 Å². The molecule has 0 aromatic carbocycles. The van der Waals surface area contributed by atoms with Gasteiger partial charge in [0.25, 0.3) is 0 Å². The molecule has 0 bridgehead atoms. The number of nitrogens with one attached hydrogen (secondary N) is 1. The van der Waals surface area contributed by atoms with Gasteiger partial charge in [0, 0.05) is 12.6 Å². The van der Waals surface area contributed by atoms with Gasteiger partial charge in [0.1, 0.15) is 12.0 Å². The van der Waals surface area contributed by atoms with Crippen molar-refractivity contribution in [1.82, 2.24) is 5.32 Å². The van der Waals surface area contributed by atoms with Gasteiger partial charge in [0.15, 0.2) is 0 Å². The number of rotatable bonds is 7. The van der Waals surface area contributed by atoms with Crippen LogP contribution >= 0.6 is 0 Å². The monoisotopic (exact) mass is 360 g/mol. The summed E-state index contributed by atoms with van der Waals surface area (Å²) in [4.78, 5) is 11.5. The van der Waals surface area contributed by atoms with Crippen molar-refractivity contribution in [3.63, 3.8) is 0 Å². The molecule has 23 heavy (non-hydrogen) atoms. The van der Waals surface area contributed by atoms with Gasteiger partial charge in [-0.05, 0) is 19.8 Å². The average Bonchev–Trinajstić information content (AvgIpc) is 2.42. The molecule has 0 aromatic heterocycles. The van der Waals surface area contributed by atoms with E-state index in [-0.39, 0.29) is 12.6 Å². The van der Waals surface area contributed by atoms with Gasteiger partial charge in [-0.15, -0.1) is 0 Å². The van der Waals surface area contributed by atoms with Crippen LogP contribution in [0.1, 0.15) is 39.0 Å². The van der Waals surface area contributed by atoms with E-state index in [0.29, 0.717) is 6.92 Å².